The number of hydrogen-bond acceptors (Lipinski definition) is 1. The minimum Gasteiger partial charge on any atom is -0.307 e. The van der Waals surface area contributed by atoms with E-state index in [1.165, 1.54) is 19.3 Å². The first-order chi connectivity index (χ1) is 8.17. The maximum Gasteiger partial charge on any atom is 0.128 e. The van der Waals surface area contributed by atoms with Gasteiger partial charge in [0.05, 0.1) is 0 Å². The Morgan fingerprint density at radius 1 is 1.18 bits per heavy atom. The summed E-state index contributed by atoms with van der Waals surface area (Å²) in [5, 5.41) is 3.61. The van der Waals surface area contributed by atoms with Crippen molar-refractivity contribution in [2.45, 2.75) is 45.1 Å². The van der Waals surface area contributed by atoms with Gasteiger partial charge in [-0.1, -0.05) is 44.9 Å². The molecule has 1 aromatic rings. The lowest BCUT2D eigenvalue weighted by atomic mass is 9.76. The van der Waals surface area contributed by atoms with Crippen LogP contribution in [0.3, 0.4) is 0 Å². The van der Waals surface area contributed by atoms with Gasteiger partial charge in [-0.25, -0.2) is 4.39 Å². The van der Waals surface area contributed by atoms with Crippen LogP contribution in [0.4, 0.5) is 4.39 Å². The highest BCUT2D eigenvalue weighted by molar-refractivity contribution is 5.27. The van der Waals surface area contributed by atoms with Crippen LogP contribution < -0.4 is 5.32 Å². The number of rotatable bonds is 2. The zero-order valence-electron chi connectivity index (χ0n) is 10.8. The normalized spacial score (nSPS) is 25.9. The predicted molar refractivity (Wildman–Crippen MR) is 69.4 cm³/mol. The van der Waals surface area contributed by atoms with Crippen molar-refractivity contribution >= 4 is 0 Å². The summed E-state index contributed by atoms with van der Waals surface area (Å²) in [4.78, 5) is 0. The molecule has 0 amide bonds. The second kappa shape index (κ2) is 5.18. The number of benzene rings is 1. The molecular formula is C15H22FN. The predicted octanol–water partition coefficient (Wildman–Crippen LogP) is 3.84. The fourth-order valence-corrected chi connectivity index (χ4v) is 2.96. The molecule has 17 heavy (non-hydrogen) atoms. The Bertz CT molecular complexity index is 365. The minimum atomic E-state index is -0.179. The van der Waals surface area contributed by atoms with Gasteiger partial charge in [-0.15, -0.1) is 0 Å². The van der Waals surface area contributed by atoms with E-state index in [-0.39, 0.29) is 11.4 Å². The van der Waals surface area contributed by atoms with Crippen LogP contribution >= 0.6 is 0 Å². The van der Waals surface area contributed by atoms with Crippen LogP contribution in [0.5, 0.6) is 0 Å². The van der Waals surface area contributed by atoms with Gasteiger partial charge in [0.25, 0.3) is 0 Å². The summed E-state index contributed by atoms with van der Waals surface area (Å²) < 4.78 is 14.1. The molecule has 1 N–H and O–H groups in total. The molecule has 0 spiro atoms. The monoisotopic (exact) mass is 235 g/mol. The van der Waals surface area contributed by atoms with Crippen molar-refractivity contribution < 1.29 is 4.39 Å². The molecule has 2 rings (SSSR count). The van der Waals surface area contributed by atoms with Gasteiger partial charge in [-0.2, -0.15) is 0 Å². The molecule has 0 aliphatic carbocycles. The highest BCUT2D eigenvalue weighted by Gasteiger charge is 2.37. The Kier molecular flexibility index (Phi) is 3.82. The molecule has 0 bridgehead atoms. The van der Waals surface area contributed by atoms with E-state index in [4.69, 9.17) is 0 Å². The zero-order valence-corrected chi connectivity index (χ0v) is 10.8. The molecule has 2 heteroatoms. The van der Waals surface area contributed by atoms with Gasteiger partial charge in [0.15, 0.2) is 0 Å². The third-order valence-electron chi connectivity index (χ3n) is 4.03. The van der Waals surface area contributed by atoms with Crippen LogP contribution in [0.25, 0.3) is 0 Å². The molecule has 1 fully saturated rings. The Morgan fingerprint density at radius 3 is 2.65 bits per heavy atom. The van der Waals surface area contributed by atoms with Crippen molar-refractivity contribution in [2.75, 3.05) is 6.54 Å². The molecular weight excluding hydrogens is 213 g/mol. The Balaban J connectivity index is 2.43. The van der Waals surface area contributed by atoms with E-state index in [0.29, 0.717) is 5.92 Å². The highest BCUT2D eigenvalue weighted by Crippen LogP contribution is 2.37. The number of nitrogens with one attached hydrogen (secondary N) is 1. The second-order valence-corrected chi connectivity index (χ2v) is 5.34. The van der Waals surface area contributed by atoms with Crippen molar-refractivity contribution in [3.63, 3.8) is 0 Å². The fourth-order valence-electron chi connectivity index (χ4n) is 2.96. The van der Waals surface area contributed by atoms with E-state index in [9.17, 15) is 4.39 Å². The van der Waals surface area contributed by atoms with E-state index >= 15 is 0 Å². The molecule has 0 aromatic heterocycles. The summed E-state index contributed by atoms with van der Waals surface area (Å²) in [6, 6.07) is 7.22. The third kappa shape index (κ3) is 2.37. The van der Waals surface area contributed by atoms with Crippen LogP contribution in [0, 0.1) is 11.7 Å². The SMILES string of the molecule is CC(C)C1(c2ccccc2F)CCCCCN1. The van der Waals surface area contributed by atoms with E-state index < -0.39 is 0 Å². The van der Waals surface area contributed by atoms with E-state index in [0.717, 1.165) is 18.5 Å². The first-order valence-electron chi connectivity index (χ1n) is 6.67. The summed E-state index contributed by atoms with van der Waals surface area (Å²) in [6.07, 6.45) is 4.66. The molecule has 1 unspecified atom stereocenters. The summed E-state index contributed by atoms with van der Waals surface area (Å²) in [5.74, 6) is 0.327. The van der Waals surface area contributed by atoms with Crippen molar-refractivity contribution in [1.29, 1.82) is 0 Å². The Labute approximate surface area is 103 Å². The van der Waals surface area contributed by atoms with Crippen LogP contribution in [-0.4, -0.2) is 6.54 Å². The minimum absolute atomic E-state index is 0.0735. The topological polar surface area (TPSA) is 12.0 Å². The molecule has 0 radical (unpaired) electrons. The van der Waals surface area contributed by atoms with Crippen LogP contribution in [0.1, 0.15) is 45.1 Å². The van der Waals surface area contributed by atoms with Gasteiger partial charge in [0.2, 0.25) is 0 Å². The third-order valence-corrected chi connectivity index (χ3v) is 4.03. The van der Waals surface area contributed by atoms with Crippen LogP contribution in [0.15, 0.2) is 24.3 Å². The second-order valence-electron chi connectivity index (χ2n) is 5.34. The quantitative estimate of drug-likeness (QED) is 0.821. The van der Waals surface area contributed by atoms with Gasteiger partial charge in [0, 0.05) is 11.1 Å². The number of halogens is 1. The first kappa shape index (κ1) is 12.6. The first-order valence-corrected chi connectivity index (χ1v) is 6.67. The summed E-state index contributed by atoms with van der Waals surface area (Å²) in [6.45, 7) is 5.36. The van der Waals surface area contributed by atoms with E-state index in [1.807, 2.05) is 12.1 Å². The Hall–Kier alpha value is -0.890. The van der Waals surface area contributed by atoms with Crippen LogP contribution in [0.2, 0.25) is 0 Å². The molecule has 0 saturated carbocycles. The Morgan fingerprint density at radius 2 is 1.94 bits per heavy atom. The zero-order chi connectivity index (χ0) is 12.3. The molecule has 94 valence electrons. The van der Waals surface area contributed by atoms with Gasteiger partial charge < -0.3 is 5.32 Å². The van der Waals surface area contributed by atoms with Crippen molar-refractivity contribution in [3.8, 4) is 0 Å². The highest BCUT2D eigenvalue weighted by atomic mass is 19.1. The van der Waals surface area contributed by atoms with Crippen LogP contribution in [-0.2, 0) is 5.54 Å². The average molecular weight is 235 g/mol. The lowest BCUT2D eigenvalue weighted by Crippen LogP contribution is -2.46. The van der Waals surface area contributed by atoms with Crippen molar-refractivity contribution in [2.24, 2.45) is 5.92 Å². The van der Waals surface area contributed by atoms with Gasteiger partial charge >= 0.3 is 0 Å². The lowest BCUT2D eigenvalue weighted by molar-refractivity contribution is 0.223. The fraction of sp³-hybridized carbons (Fsp3) is 0.600. The standard InChI is InChI=1S/C15H22FN/c1-12(2)15(10-6-3-7-11-17-15)13-8-4-5-9-14(13)16/h4-5,8-9,12,17H,3,6-7,10-11H2,1-2H3. The van der Waals surface area contributed by atoms with Gasteiger partial charge in [-0.3, -0.25) is 0 Å². The molecule has 1 atom stereocenters. The van der Waals surface area contributed by atoms with Gasteiger partial charge in [0.1, 0.15) is 5.82 Å². The maximum absolute atomic E-state index is 14.1. The summed E-state index contributed by atoms with van der Waals surface area (Å²) in [5.41, 5.74) is 0.666. The molecule has 1 aliphatic heterocycles. The summed E-state index contributed by atoms with van der Waals surface area (Å²) >= 11 is 0. The molecule has 1 aliphatic rings. The largest absolute Gasteiger partial charge is 0.307 e. The van der Waals surface area contributed by atoms with Crippen molar-refractivity contribution in [3.05, 3.63) is 35.6 Å². The smallest absolute Gasteiger partial charge is 0.128 e. The van der Waals surface area contributed by atoms with E-state index in [1.54, 1.807) is 12.1 Å². The van der Waals surface area contributed by atoms with E-state index in [2.05, 4.69) is 19.2 Å². The molecule has 1 nitrogen and oxygen atoms in total. The average Bonchev–Trinajstić information content (AvgIpc) is 2.56. The number of hydrogen-bond donors (Lipinski definition) is 1. The lowest BCUT2D eigenvalue weighted by Gasteiger charge is -2.38. The molecule has 1 heterocycles. The van der Waals surface area contributed by atoms with Crippen molar-refractivity contribution in [1.82, 2.24) is 5.32 Å². The summed E-state index contributed by atoms with van der Waals surface area (Å²) in [7, 11) is 0. The maximum atomic E-state index is 14.1. The molecule has 1 aromatic carbocycles. The molecule has 1 saturated heterocycles. The van der Waals surface area contributed by atoms with Gasteiger partial charge in [-0.05, 0) is 31.4 Å².